The highest BCUT2D eigenvalue weighted by molar-refractivity contribution is 7.88. The number of rotatable bonds is 2. The van der Waals surface area contributed by atoms with E-state index >= 15 is 0 Å². The molecule has 1 N–H and O–H groups in total. The lowest BCUT2D eigenvalue weighted by Crippen LogP contribution is -2.48. The van der Waals surface area contributed by atoms with E-state index in [1.165, 1.54) is 0 Å². The Kier molecular flexibility index (Phi) is 2.87. The van der Waals surface area contributed by atoms with Crippen LogP contribution in [0.15, 0.2) is 0 Å². The van der Waals surface area contributed by atoms with Crippen LogP contribution in [0.4, 0.5) is 4.79 Å². The molecular formula is C8H11N3O5S. The van der Waals surface area contributed by atoms with Gasteiger partial charge in [0.25, 0.3) is 0 Å². The Bertz CT molecular complexity index is 479. The fourth-order valence-corrected chi connectivity index (χ4v) is 3.30. The fraction of sp³-hybridized carbons (Fsp3) is 0.625. The van der Waals surface area contributed by atoms with Gasteiger partial charge in [-0.3, -0.25) is 14.9 Å². The number of hydrogen-bond donors (Lipinski definition) is 1. The predicted octanol–water partition coefficient (Wildman–Crippen LogP) is -1.20. The molecule has 0 bridgehead atoms. The summed E-state index contributed by atoms with van der Waals surface area (Å²) in [6.07, 6.45) is 2.26. The highest BCUT2D eigenvalue weighted by atomic mass is 32.2. The molecule has 0 saturated carbocycles. The third-order valence-corrected chi connectivity index (χ3v) is 4.47. The molecule has 9 heteroatoms. The number of amides is 4. The molecule has 2 saturated heterocycles. The molecule has 0 atom stereocenters. The fourth-order valence-electron chi connectivity index (χ4n) is 1.81. The molecule has 8 nitrogen and oxygen atoms in total. The van der Waals surface area contributed by atoms with Crippen LogP contribution in [-0.2, 0) is 19.8 Å². The van der Waals surface area contributed by atoms with Gasteiger partial charge in [0.05, 0.1) is 0 Å². The van der Waals surface area contributed by atoms with Crippen molar-refractivity contribution in [2.45, 2.75) is 19.3 Å². The first-order valence-corrected chi connectivity index (χ1v) is 6.54. The van der Waals surface area contributed by atoms with Crippen LogP contribution in [0.25, 0.3) is 0 Å². The summed E-state index contributed by atoms with van der Waals surface area (Å²) in [4.78, 5) is 33.5. The molecule has 0 aromatic heterocycles. The van der Waals surface area contributed by atoms with Crippen LogP contribution in [0.3, 0.4) is 0 Å². The molecule has 0 aromatic rings. The second kappa shape index (κ2) is 4.08. The standard InChI is InChI=1S/C8H11N3O5S/c12-6-7(13)11(8(14)9-6)17(15,16)10-4-2-1-3-5-10/h1-5H2,(H,9,12,14). The summed E-state index contributed by atoms with van der Waals surface area (Å²) in [5, 5.41) is 1.65. The highest BCUT2D eigenvalue weighted by Crippen LogP contribution is 2.18. The zero-order chi connectivity index (χ0) is 12.6. The maximum absolute atomic E-state index is 12.0. The Morgan fingerprint density at radius 3 is 2.06 bits per heavy atom. The van der Waals surface area contributed by atoms with Crippen LogP contribution >= 0.6 is 0 Å². The van der Waals surface area contributed by atoms with Crippen LogP contribution in [-0.4, -0.2) is 48.0 Å². The van der Waals surface area contributed by atoms with E-state index in [2.05, 4.69) is 0 Å². The largest absolute Gasteiger partial charge is 0.346 e. The zero-order valence-corrected chi connectivity index (χ0v) is 9.70. The summed E-state index contributed by atoms with van der Waals surface area (Å²) < 4.78 is 25.0. The summed E-state index contributed by atoms with van der Waals surface area (Å²) in [6.45, 7) is 0.515. The van der Waals surface area contributed by atoms with Crippen molar-refractivity contribution < 1.29 is 22.8 Å². The Balaban J connectivity index is 2.29. The second-order valence-corrected chi connectivity index (χ2v) is 5.57. The minimum Gasteiger partial charge on any atom is -0.268 e. The zero-order valence-electron chi connectivity index (χ0n) is 8.88. The monoisotopic (exact) mass is 261 g/mol. The van der Waals surface area contributed by atoms with Crippen molar-refractivity contribution in [3.63, 3.8) is 0 Å². The molecular weight excluding hydrogens is 250 g/mol. The van der Waals surface area contributed by atoms with Gasteiger partial charge >= 0.3 is 28.1 Å². The molecule has 0 spiro atoms. The number of nitrogens with one attached hydrogen (secondary N) is 1. The summed E-state index contributed by atoms with van der Waals surface area (Å²) in [5.41, 5.74) is 0. The topological polar surface area (TPSA) is 104 Å². The molecule has 17 heavy (non-hydrogen) atoms. The first-order valence-electron chi connectivity index (χ1n) is 5.14. The Morgan fingerprint density at radius 2 is 1.59 bits per heavy atom. The molecule has 4 amide bonds. The van der Waals surface area contributed by atoms with Crippen molar-refractivity contribution in [3.05, 3.63) is 0 Å². The molecule has 0 aliphatic carbocycles. The second-order valence-electron chi connectivity index (χ2n) is 3.80. The summed E-state index contributed by atoms with van der Waals surface area (Å²) in [5.74, 6) is -2.56. The van der Waals surface area contributed by atoms with E-state index < -0.39 is 28.1 Å². The normalized spacial score (nSPS) is 23.1. The Labute approximate surface area is 97.7 Å². The van der Waals surface area contributed by atoms with Crippen LogP contribution < -0.4 is 5.32 Å². The van der Waals surface area contributed by atoms with E-state index in [9.17, 15) is 22.8 Å². The van der Waals surface area contributed by atoms with Gasteiger partial charge in [-0.15, -0.1) is 4.31 Å². The molecule has 2 heterocycles. The van der Waals surface area contributed by atoms with Gasteiger partial charge in [0.2, 0.25) is 0 Å². The van der Waals surface area contributed by atoms with Crippen LogP contribution in [0.2, 0.25) is 0 Å². The van der Waals surface area contributed by atoms with Crippen molar-refractivity contribution in [1.82, 2.24) is 13.9 Å². The third-order valence-electron chi connectivity index (χ3n) is 2.66. The van der Waals surface area contributed by atoms with Gasteiger partial charge in [0.15, 0.2) is 0 Å². The lowest BCUT2D eigenvalue weighted by atomic mass is 10.2. The maximum atomic E-state index is 12.0. The van der Waals surface area contributed by atoms with Gasteiger partial charge < -0.3 is 0 Å². The number of carbonyl (C=O) groups excluding carboxylic acids is 3. The quantitative estimate of drug-likeness (QED) is 0.496. The van der Waals surface area contributed by atoms with Crippen LogP contribution in [0.5, 0.6) is 0 Å². The number of piperidine rings is 1. The van der Waals surface area contributed by atoms with Crippen molar-refractivity contribution in [1.29, 1.82) is 0 Å². The van der Waals surface area contributed by atoms with Gasteiger partial charge in [-0.05, 0) is 12.8 Å². The van der Waals surface area contributed by atoms with Crippen LogP contribution in [0.1, 0.15) is 19.3 Å². The van der Waals surface area contributed by atoms with E-state index in [-0.39, 0.29) is 17.4 Å². The minimum atomic E-state index is -4.21. The first kappa shape index (κ1) is 12.0. The molecule has 0 unspecified atom stereocenters. The van der Waals surface area contributed by atoms with Crippen molar-refractivity contribution in [2.24, 2.45) is 0 Å². The smallest absolute Gasteiger partial charge is 0.268 e. The molecule has 0 radical (unpaired) electrons. The number of urea groups is 1. The van der Waals surface area contributed by atoms with Crippen molar-refractivity contribution in [2.75, 3.05) is 13.1 Å². The number of carbonyl (C=O) groups is 3. The molecule has 94 valence electrons. The number of nitrogens with zero attached hydrogens (tertiary/aromatic N) is 2. The average Bonchev–Trinajstić information content (AvgIpc) is 2.54. The SMILES string of the molecule is O=C1NC(=O)N(S(=O)(=O)N2CCCCC2)C1=O. The first-order chi connectivity index (χ1) is 7.94. The maximum Gasteiger partial charge on any atom is 0.346 e. The van der Waals surface area contributed by atoms with E-state index in [0.29, 0.717) is 12.8 Å². The Hall–Kier alpha value is -1.48. The van der Waals surface area contributed by atoms with Gasteiger partial charge in [0.1, 0.15) is 0 Å². The number of imide groups is 2. The molecule has 2 rings (SSSR count). The molecule has 2 aliphatic heterocycles. The average molecular weight is 261 g/mol. The van der Waals surface area contributed by atoms with E-state index in [1.54, 1.807) is 5.32 Å². The van der Waals surface area contributed by atoms with E-state index in [1.807, 2.05) is 0 Å². The number of hydrogen-bond acceptors (Lipinski definition) is 5. The van der Waals surface area contributed by atoms with E-state index in [0.717, 1.165) is 10.7 Å². The van der Waals surface area contributed by atoms with Crippen LogP contribution in [0, 0.1) is 0 Å². The Morgan fingerprint density at radius 1 is 1.00 bits per heavy atom. The summed E-state index contributed by atoms with van der Waals surface area (Å²) >= 11 is 0. The molecule has 2 fully saturated rings. The van der Waals surface area contributed by atoms with Gasteiger partial charge in [0, 0.05) is 13.1 Å². The highest BCUT2D eigenvalue weighted by Gasteiger charge is 2.47. The summed E-state index contributed by atoms with van der Waals surface area (Å²) in [7, 11) is -4.21. The van der Waals surface area contributed by atoms with Gasteiger partial charge in [-0.25, -0.2) is 4.79 Å². The minimum absolute atomic E-state index is 0.000648. The van der Waals surface area contributed by atoms with E-state index in [4.69, 9.17) is 0 Å². The third kappa shape index (κ3) is 1.91. The molecule has 2 aliphatic rings. The summed E-state index contributed by atoms with van der Waals surface area (Å²) in [6, 6.07) is -1.20. The predicted molar refractivity (Wildman–Crippen MR) is 54.7 cm³/mol. The van der Waals surface area contributed by atoms with Crippen molar-refractivity contribution >= 4 is 28.1 Å². The lowest BCUT2D eigenvalue weighted by molar-refractivity contribution is -0.138. The lowest BCUT2D eigenvalue weighted by Gasteiger charge is -2.27. The molecule has 0 aromatic carbocycles. The van der Waals surface area contributed by atoms with Crippen molar-refractivity contribution in [3.8, 4) is 0 Å². The van der Waals surface area contributed by atoms with Gasteiger partial charge in [-0.2, -0.15) is 12.7 Å². The van der Waals surface area contributed by atoms with Gasteiger partial charge in [-0.1, -0.05) is 6.42 Å².